The minimum absolute atomic E-state index is 0.0185. The summed E-state index contributed by atoms with van der Waals surface area (Å²) in [5.74, 6) is -0.541. The molecule has 0 saturated heterocycles. The summed E-state index contributed by atoms with van der Waals surface area (Å²) in [5.41, 5.74) is 1.36. The number of nitrogens with zero attached hydrogens (tertiary/aromatic N) is 1. The Morgan fingerprint density at radius 2 is 1.82 bits per heavy atom. The lowest BCUT2D eigenvalue weighted by Crippen LogP contribution is -2.50. The number of carbonyl (C=O) groups is 2. The van der Waals surface area contributed by atoms with Crippen LogP contribution in [0, 0.1) is 12.7 Å². The molecule has 5 nitrogen and oxygen atoms in total. The first-order valence-electron chi connectivity index (χ1n) is 9.30. The van der Waals surface area contributed by atoms with Crippen molar-refractivity contribution in [2.45, 2.75) is 46.3 Å². The van der Waals surface area contributed by atoms with Gasteiger partial charge in [0, 0.05) is 18.2 Å². The summed E-state index contributed by atoms with van der Waals surface area (Å²) in [6.45, 7) is 6.98. The molecule has 0 heterocycles. The SMILES string of the molecule is Cc1cccc(OCC(=O)N(Cc2ccccc2F)[C@H](C)C(=O)NC(C)C)c1. The molecule has 0 spiro atoms. The van der Waals surface area contributed by atoms with E-state index in [2.05, 4.69) is 5.32 Å². The molecule has 0 aliphatic heterocycles. The van der Waals surface area contributed by atoms with Gasteiger partial charge < -0.3 is 15.0 Å². The number of benzene rings is 2. The molecule has 0 fully saturated rings. The van der Waals surface area contributed by atoms with Crippen molar-refractivity contribution in [3.05, 3.63) is 65.5 Å². The Morgan fingerprint density at radius 3 is 2.46 bits per heavy atom. The zero-order chi connectivity index (χ0) is 20.7. The maximum absolute atomic E-state index is 14.1. The van der Waals surface area contributed by atoms with Crippen molar-refractivity contribution in [1.29, 1.82) is 0 Å². The van der Waals surface area contributed by atoms with E-state index in [9.17, 15) is 14.0 Å². The molecule has 0 radical (unpaired) electrons. The molecule has 0 bridgehead atoms. The summed E-state index contributed by atoms with van der Waals surface area (Å²) in [6.07, 6.45) is 0. The van der Waals surface area contributed by atoms with Crippen molar-refractivity contribution in [2.75, 3.05) is 6.61 Å². The molecule has 6 heteroatoms. The van der Waals surface area contributed by atoms with Crippen molar-refractivity contribution in [1.82, 2.24) is 10.2 Å². The maximum Gasteiger partial charge on any atom is 0.261 e. The van der Waals surface area contributed by atoms with E-state index in [1.54, 1.807) is 31.2 Å². The number of hydrogen-bond donors (Lipinski definition) is 1. The highest BCUT2D eigenvalue weighted by Gasteiger charge is 2.27. The van der Waals surface area contributed by atoms with Gasteiger partial charge in [-0.1, -0.05) is 30.3 Å². The molecular formula is C22H27FN2O3. The molecule has 1 N–H and O–H groups in total. The number of carbonyl (C=O) groups excluding carboxylic acids is 2. The van der Waals surface area contributed by atoms with Crippen molar-refractivity contribution in [3.8, 4) is 5.75 Å². The number of hydrogen-bond acceptors (Lipinski definition) is 3. The normalized spacial score (nSPS) is 11.8. The van der Waals surface area contributed by atoms with Gasteiger partial charge in [0.25, 0.3) is 5.91 Å². The van der Waals surface area contributed by atoms with E-state index < -0.39 is 17.8 Å². The highest BCUT2D eigenvalue weighted by atomic mass is 19.1. The predicted octanol–water partition coefficient (Wildman–Crippen LogP) is 3.45. The van der Waals surface area contributed by atoms with Gasteiger partial charge in [-0.15, -0.1) is 0 Å². The molecule has 0 aliphatic carbocycles. The Hall–Kier alpha value is -2.89. The first-order valence-corrected chi connectivity index (χ1v) is 9.30. The number of rotatable bonds is 8. The van der Waals surface area contributed by atoms with Gasteiger partial charge in [0.2, 0.25) is 5.91 Å². The minimum atomic E-state index is -0.768. The minimum Gasteiger partial charge on any atom is -0.484 e. The standard InChI is InChI=1S/C22H27FN2O3/c1-15(2)24-22(27)17(4)25(13-18-9-5-6-11-20(18)23)21(26)14-28-19-10-7-8-16(3)12-19/h5-12,15,17H,13-14H2,1-4H3,(H,24,27)/t17-/m1/s1. The van der Waals surface area contributed by atoms with Crippen molar-refractivity contribution in [2.24, 2.45) is 0 Å². The van der Waals surface area contributed by atoms with Crippen LogP contribution in [-0.4, -0.2) is 35.4 Å². The zero-order valence-corrected chi connectivity index (χ0v) is 16.7. The van der Waals surface area contributed by atoms with Crippen LogP contribution in [-0.2, 0) is 16.1 Å². The average molecular weight is 386 g/mol. The molecule has 0 unspecified atom stereocenters. The van der Waals surface area contributed by atoms with Crippen molar-refractivity contribution >= 4 is 11.8 Å². The van der Waals surface area contributed by atoms with E-state index in [4.69, 9.17) is 4.74 Å². The second-order valence-corrected chi connectivity index (χ2v) is 7.06. The number of nitrogens with one attached hydrogen (secondary N) is 1. The van der Waals surface area contributed by atoms with Crippen LogP contribution in [0.3, 0.4) is 0 Å². The fraction of sp³-hybridized carbons (Fsp3) is 0.364. The fourth-order valence-electron chi connectivity index (χ4n) is 2.73. The monoisotopic (exact) mass is 386 g/mol. The van der Waals surface area contributed by atoms with E-state index in [-0.39, 0.29) is 25.1 Å². The van der Waals surface area contributed by atoms with Gasteiger partial charge in [-0.05, 0) is 51.5 Å². The molecule has 2 aromatic rings. The number of amides is 2. The number of ether oxygens (including phenoxy) is 1. The molecular weight excluding hydrogens is 359 g/mol. The van der Waals surface area contributed by atoms with E-state index in [0.717, 1.165) is 5.56 Å². The Bertz CT molecular complexity index is 823. The third kappa shape index (κ3) is 6.08. The lowest BCUT2D eigenvalue weighted by molar-refractivity contribution is -0.142. The zero-order valence-electron chi connectivity index (χ0n) is 16.7. The largest absolute Gasteiger partial charge is 0.484 e. The molecule has 150 valence electrons. The second kappa shape index (κ2) is 9.88. The van der Waals surface area contributed by atoms with Crippen LogP contribution in [0.2, 0.25) is 0 Å². The van der Waals surface area contributed by atoms with Crippen LogP contribution in [0.4, 0.5) is 4.39 Å². The van der Waals surface area contributed by atoms with Gasteiger partial charge in [0.1, 0.15) is 17.6 Å². The van der Waals surface area contributed by atoms with Gasteiger partial charge >= 0.3 is 0 Å². The van der Waals surface area contributed by atoms with Gasteiger partial charge in [-0.2, -0.15) is 0 Å². The van der Waals surface area contributed by atoms with Crippen LogP contribution < -0.4 is 10.1 Å². The Labute approximate surface area is 165 Å². The van der Waals surface area contributed by atoms with E-state index >= 15 is 0 Å². The van der Waals surface area contributed by atoms with Crippen LogP contribution >= 0.6 is 0 Å². The highest BCUT2D eigenvalue weighted by molar-refractivity contribution is 5.88. The summed E-state index contributed by atoms with van der Waals surface area (Å²) in [6, 6.07) is 12.7. The summed E-state index contributed by atoms with van der Waals surface area (Å²) in [5, 5.41) is 2.79. The number of aryl methyl sites for hydroxylation is 1. The van der Waals surface area contributed by atoms with Crippen LogP contribution in [0.1, 0.15) is 31.9 Å². The third-order valence-electron chi connectivity index (χ3n) is 4.25. The fourth-order valence-corrected chi connectivity index (χ4v) is 2.73. The lowest BCUT2D eigenvalue weighted by Gasteiger charge is -2.29. The Kier molecular flexibility index (Phi) is 7.55. The second-order valence-electron chi connectivity index (χ2n) is 7.06. The van der Waals surface area contributed by atoms with E-state index in [0.29, 0.717) is 11.3 Å². The predicted molar refractivity (Wildman–Crippen MR) is 106 cm³/mol. The molecule has 1 atom stereocenters. The van der Waals surface area contributed by atoms with Crippen molar-refractivity contribution in [3.63, 3.8) is 0 Å². The molecule has 0 saturated carbocycles. The molecule has 2 amide bonds. The van der Waals surface area contributed by atoms with E-state index in [1.165, 1.54) is 11.0 Å². The summed E-state index contributed by atoms with van der Waals surface area (Å²) in [4.78, 5) is 26.6. The molecule has 0 aliphatic rings. The highest BCUT2D eigenvalue weighted by Crippen LogP contribution is 2.15. The van der Waals surface area contributed by atoms with Gasteiger partial charge in [0.05, 0.1) is 0 Å². The molecule has 2 rings (SSSR count). The smallest absolute Gasteiger partial charge is 0.261 e. The van der Waals surface area contributed by atoms with Gasteiger partial charge in [-0.3, -0.25) is 9.59 Å². The van der Waals surface area contributed by atoms with Crippen LogP contribution in [0.5, 0.6) is 5.75 Å². The van der Waals surface area contributed by atoms with Gasteiger partial charge in [-0.25, -0.2) is 4.39 Å². The lowest BCUT2D eigenvalue weighted by atomic mass is 10.1. The molecule has 2 aromatic carbocycles. The summed E-state index contributed by atoms with van der Waals surface area (Å²) >= 11 is 0. The average Bonchev–Trinajstić information content (AvgIpc) is 2.64. The first-order chi connectivity index (χ1) is 13.3. The molecule has 0 aromatic heterocycles. The Balaban J connectivity index is 2.17. The first kappa shape index (κ1) is 21.4. The summed E-state index contributed by atoms with van der Waals surface area (Å²) in [7, 11) is 0. The van der Waals surface area contributed by atoms with E-state index in [1.807, 2.05) is 39.0 Å². The Morgan fingerprint density at radius 1 is 1.11 bits per heavy atom. The topological polar surface area (TPSA) is 58.6 Å². The van der Waals surface area contributed by atoms with Crippen LogP contribution in [0.25, 0.3) is 0 Å². The van der Waals surface area contributed by atoms with Gasteiger partial charge in [0.15, 0.2) is 6.61 Å². The number of halogens is 1. The maximum atomic E-state index is 14.1. The molecule has 28 heavy (non-hydrogen) atoms. The summed E-state index contributed by atoms with van der Waals surface area (Å²) < 4.78 is 19.7. The third-order valence-corrected chi connectivity index (χ3v) is 4.25. The van der Waals surface area contributed by atoms with Crippen molar-refractivity contribution < 1.29 is 18.7 Å². The van der Waals surface area contributed by atoms with Crippen LogP contribution in [0.15, 0.2) is 48.5 Å². The quantitative estimate of drug-likeness (QED) is 0.756.